The number of carbonyl (C=O) groups is 1. The van der Waals surface area contributed by atoms with Crippen LogP contribution in [0, 0.1) is 0 Å². The van der Waals surface area contributed by atoms with Gasteiger partial charge in [-0.25, -0.2) is 9.97 Å². The Morgan fingerprint density at radius 2 is 1.87 bits per heavy atom. The van der Waals surface area contributed by atoms with Gasteiger partial charge in [-0.1, -0.05) is 35.5 Å². The molecule has 0 unspecified atom stereocenters. The molecule has 2 aromatic rings. The Morgan fingerprint density at radius 1 is 1.13 bits per heavy atom. The van der Waals surface area contributed by atoms with Crippen molar-refractivity contribution in [3.8, 4) is 0 Å². The summed E-state index contributed by atoms with van der Waals surface area (Å²) in [7, 11) is 0. The molecule has 0 N–H and O–H groups in total. The Labute approximate surface area is 135 Å². The summed E-state index contributed by atoms with van der Waals surface area (Å²) >= 11 is 0. The number of carbonyl (C=O) groups excluding carboxylic acids is 1. The Kier molecular flexibility index (Phi) is 6.71. The average Bonchev–Trinajstić information content (AvgIpc) is 2.60. The van der Waals surface area contributed by atoms with E-state index in [1.54, 1.807) is 19.3 Å². The minimum atomic E-state index is -0.222. The predicted molar refractivity (Wildman–Crippen MR) is 85.9 cm³/mol. The Balaban J connectivity index is 1.99. The highest BCUT2D eigenvalue weighted by atomic mass is 16.6. The van der Waals surface area contributed by atoms with E-state index in [-0.39, 0.29) is 5.97 Å². The molecule has 1 aromatic heterocycles. The molecule has 1 heterocycles. The lowest BCUT2D eigenvalue weighted by atomic mass is 10.1. The predicted octanol–water partition coefficient (Wildman–Crippen LogP) is 2.59. The molecule has 0 radical (unpaired) electrons. The van der Waals surface area contributed by atoms with E-state index in [4.69, 9.17) is 9.57 Å². The van der Waals surface area contributed by atoms with Gasteiger partial charge in [0.1, 0.15) is 18.6 Å². The number of aromatic nitrogens is 2. The monoisotopic (exact) mass is 313 g/mol. The van der Waals surface area contributed by atoms with Crippen molar-refractivity contribution in [2.24, 2.45) is 5.16 Å². The van der Waals surface area contributed by atoms with E-state index in [2.05, 4.69) is 15.1 Å². The molecule has 0 atom stereocenters. The van der Waals surface area contributed by atoms with Crippen molar-refractivity contribution in [1.82, 2.24) is 9.97 Å². The summed E-state index contributed by atoms with van der Waals surface area (Å²) in [5, 5.41) is 4.19. The topological polar surface area (TPSA) is 73.7 Å². The van der Waals surface area contributed by atoms with Crippen molar-refractivity contribution in [3.63, 3.8) is 0 Å². The SMILES string of the molecule is CCOC(=O)CCCO/N=C(\c1ccccc1)c1cncnc1. The van der Waals surface area contributed by atoms with Crippen molar-refractivity contribution >= 4 is 11.7 Å². The molecular formula is C17H19N3O3. The van der Waals surface area contributed by atoms with E-state index in [1.165, 1.54) is 6.33 Å². The van der Waals surface area contributed by atoms with Crippen molar-refractivity contribution < 1.29 is 14.4 Å². The lowest BCUT2D eigenvalue weighted by Gasteiger charge is -2.06. The molecule has 1 aromatic carbocycles. The minimum Gasteiger partial charge on any atom is -0.466 e. The number of oxime groups is 1. The van der Waals surface area contributed by atoms with Gasteiger partial charge in [0.25, 0.3) is 0 Å². The third-order valence-electron chi connectivity index (χ3n) is 2.96. The van der Waals surface area contributed by atoms with Crippen LogP contribution < -0.4 is 0 Å². The first-order chi connectivity index (χ1) is 11.3. The second-order valence-corrected chi connectivity index (χ2v) is 4.67. The molecule has 0 spiro atoms. The fraction of sp³-hybridized carbons (Fsp3) is 0.294. The molecule has 6 heteroatoms. The number of hydrogen-bond acceptors (Lipinski definition) is 6. The highest BCUT2D eigenvalue weighted by Gasteiger charge is 2.08. The highest BCUT2D eigenvalue weighted by Crippen LogP contribution is 2.09. The molecule has 0 aliphatic carbocycles. The summed E-state index contributed by atoms with van der Waals surface area (Å²) in [5.41, 5.74) is 2.33. The molecule has 0 aliphatic heterocycles. The molecule has 6 nitrogen and oxygen atoms in total. The van der Waals surface area contributed by atoms with Crippen molar-refractivity contribution in [2.45, 2.75) is 19.8 Å². The Morgan fingerprint density at radius 3 is 2.57 bits per heavy atom. The Bertz CT molecular complexity index is 589. The van der Waals surface area contributed by atoms with Gasteiger partial charge in [0, 0.05) is 29.9 Å². The number of ether oxygens (including phenoxy) is 1. The lowest BCUT2D eigenvalue weighted by Crippen LogP contribution is -2.07. The van der Waals surface area contributed by atoms with Gasteiger partial charge in [0.05, 0.1) is 6.61 Å². The van der Waals surface area contributed by atoms with E-state index in [9.17, 15) is 4.79 Å². The summed E-state index contributed by atoms with van der Waals surface area (Å²) in [4.78, 5) is 24.6. The fourth-order valence-corrected chi connectivity index (χ4v) is 1.91. The second-order valence-electron chi connectivity index (χ2n) is 4.67. The summed E-state index contributed by atoms with van der Waals surface area (Å²) < 4.78 is 4.86. The summed E-state index contributed by atoms with van der Waals surface area (Å²) in [5.74, 6) is -0.222. The first kappa shape index (κ1) is 16.6. The maximum absolute atomic E-state index is 11.3. The molecule has 0 saturated heterocycles. The molecule has 0 bridgehead atoms. The first-order valence-electron chi connectivity index (χ1n) is 7.47. The van der Waals surface area contributed by atoms with Crippen LogP contribution in [-0.2, 0) is 14.4 Å². The van der Waals surface area contributed by atoms with Crippen molar-refractivity contribution in [3.05, 3.63) is 60.2 Å². The molecule has 0 amide bonds. The van der Waals surface area contributed by atoms with Gasteiger partial charge in [-0.15, -0.1) is 0 Å². The third kappa shape index (κ3) is 5.50. The van der Waals surface area contributed by atoms with Crippen LogP contribution in [0.4, 0.5) is 0 Å². The van der Waals surface area contributed by atoms with Gasteiger partial charge < -0.3 is 9.57 Å². The van der Waals surface area contributed by atoms with Crippen LogP contribution >= 0.6 is 0 Å². The second kappa shape index (κ2) is 9.30. The van der Waals surface area contributed by atoms with Gasteiger partial charge >= 0.3 is 5.97 Å². The Hall–Kier alpha value is -2.76. The minimum absolute atomic E-state index is 0.222. The molecule has 120 valence electrons. The molecule has 0 fully saturated rings. The van der Waals surface area contributed by atoms with Crippen LogP contribution in [0.15, 0.2) is 54.2 Å². The standard InChI is InChI=1S/C17H19N3O3/c1-2-22-16(21)9-6-10-23-20-17(14-7-4-3-5-8-14)15-11-18-13-19-12-15/h3-5,7-8,11-13H,2,6,9-10H2,1H3/b20-17+. The van der Waals surface area contributed by atoms with Gasteiger partial charge in [0.2, 0.25) is 0 Å². The smallest absolute Gasteiger partial charge is 0.305 e. The number of rotatable bonds is 8. The van der Waals surface area contributed by atoms with Gasteiger partial charge in [-0.3, -0.25) is 4.79 Å². The van der Waals surface area contributed by atoms with Gasteiger partial charge in [0.15, 0.2) is 0 Å². The summed E-state index contributed by atoms with van der Waals surface area (Å²) in [6, 6.07) is 9.66. The van der Waals surface area contributed by atoms with Crippen LogP contribution in [0.25, 0.3) is 0 Å². The quantitative estimate of drug-likeness (QED) is 0.324. The van der Waals surface area contributed by atoms with Crippen molar-refractivity contribution in [1.29, 1.82) is 0 Å². The third-order valence-corrected chi connectivity index (χ3v) is 2.96. The maximum Gasteiger partial charge on any atom is 0.305 e. The van der Waals surface area contributed by atoms with Crippen LogP contribution in [0.5, 0.6) is 0 Å². The highest BCUT2D eigenvalue weighted by molar-refractivity contribution is 6.12. The maximum atomic E-state index is 11.3. The van der Waals surface area contributed by atoms with Crippen LogP contribution in [0.2, 0.25) is 0 Å². The van der Waals surface area contributed by atoms with E-state index in [1.807, 2.05) is 30.3 Å². The van der Waals surface area contributed by atoms with Crippen molar-refractivity contribution in [2.75, 3.05) is 13.2 Å². The number of benzene rings is 1. The van der Waals surface area contributed by atoms with Gasteiger partial charge in [-0.05, 0) is 13.3 Å². The van der Waals surface area contributed by atoms with E-state index >= 15 is 0 Å². The summed E-state index contributed by atoms with van der Waals surface area (Å²) in [6.07, 6.45) is 5.70. The molecule has 0 aliphatic rings. The zero-order valence-corrected chi connectivity index (χ0v) is 13.0. The van der Waals surface area contributed by atoms with Crippen LogP contribution in [0.3, 0.4) is 0 Å². The molecule has 23 heavy (non-hydrogen) atoms. The molecular weight excluding hydrogens is 294 g/mol. The van der Waals surface area contributed by atoms with Crippen LogP contribution in [-0.4, -0.2) is 34.9 Å². The summed E-state index contributed by atoms with van der Waals surface area (Å²) in [6.45, 7) is 2.51. The van der Waals surface area contributed by atoms with Crippen LogP contribution in [0.1, 0.15) is 30.9 Å². The fourth-order valence-electron chi connectivity index (χ4n) is 1.91. The lowest BCUT2D eigenvalue weighted by molar-refractivity contribution is -0.143. The number of esters is 1. The largest absolute Gasteiger partial charge is 0.466 e. The van der Waals surface area contributed by atoms with E-state index in [0.29, 0.717) is 31.8 Å². The van der Waals surface area contributed by atoms with E-state index in [0.717, 1.165) is 11.1 Å². The molecule has 0 saturated carbocycles. The van der Waals surface area contributed by atoms with E-state index < -0.39 is 0 Å². The average molecular weight is 313 g/mol. The first-order valence-corrected chi connectivity index (χ1v) is 7.47. The zero-order valence-electron chi connectivity index (χ0n) is 13.0. The normalized spacial score (nSPS) is 11.1. The zero-order chi connectivity index (χ0) is 16.3. The number of hydrogen-bond donors (Lipinski definition) is 0. The number of nitrogens with zero attached hydrogens (tertiary/aromatic N) is 3. The van der Waals surface area contributed by atoms with Gasteiger partial charge in [-0.2, -0.15) is 0 Å². The molecule has 2 rings (SSSR count).